The van der Waals surface area contributed by atoms with E-state index in [0.717, 1.165) is 41.8 Å². The van der Waals surface area contributed by atoms with E-state index in [4.69, 9.17) is 0 Å². The third-order valence-electron chi connectivity index (χ3n) is 3.65. The number of nitrogens with zero attached hydrogens (tertiary/aromatic N) is 2. The summed E-state index contributed by atoms with van der Waals surface area (Å²) in [6.07, 6.45) is 4.96. The van der Waals surface area contributed by atoms with Crippen molar-refractivity contribution in [2.45, 2.75) is 37.7 Å². The molecule has 0 amide bonds. The first-order chi connectivity index (χ1) is 8.80. The molecule has 4 heteroatoms. The minimum Gasteiger partial charge on any atom is -0.383 e. The number of rotatable bonds is 2. The van der Waals surface area contributed by atoms with Crippen LogP contribution in [0.1, 0.15) is 37.8 Å². The summed E-state index contributed by atoms with van der Waals surface area (Å²) in [6, 6.07) is 10.1. The van der Waals surface area contributed by atoms with E-state index >= 15 is 0 Å². The van der Waals surface area contributed by atoms with Crippen LogP contribution in [0.4, 0.5) is 0 Å². The number of aromatic nitrogens is 2. The second-order valence-electron chi connectivity index (χ2n) is 4.91. The van der Waals surface area contributed by atoms with Crippen LogP contribution in [0.25, 0.3) is 10.4 Å². The van der Waals surface area contributed by atoms with Gasteiger partial charge in [-0.15, -0.1) is 5.10 Å². The van der Waals surface area contributed by atoms with E-state index in [1.165, 1.54) is 18.0 Å². The largest absolute Gasteiger partial charge is 0.383 e. The van der Waals surface area contributed by atoms with Crippen molar-refractivity contribution in [2.24, 2.45) is 0 Å². The lowest BCUT2D eigenvalue weighted by Crippen LogP contribution is -2.29. The standard InChI is InChI=1S/C14H16N2OS/c17-14(9-5-2-6-10-14)13-12(18-16-15-13)11-7-3-1-4-8-11/h1,3-4,7-8,17H,2,5-6,9-10H2. The van der Waals surface area contributed by atoms with Gasteiger partial charge in [0.1, 0.15) is 11.3 Å². The van der Waals surface area contributed by atoms with E-state index in [-0.39, 0.29) is 0 Å². The lowest BCUT2D eigenvalue weighted by Gasteiger charge is -2.30. The third-order valence-corrected chi connectivity index (χ3v) is 4.42. The quantitative estimate of drug-likeness (QED) is 0.900. The minimum absolute atomic E-state index is 0.767. The van der Waals surface area contributed by atoms with Crippen molar-refractivity contribution in [3.8, 4) is 10.4 Å². The van der Waals surface area contributed by atoms with Crippen LogP contribution in [0.3, 0.4) is 0 Å². The van der Waals surface area contributed by atoms with Gasteiger partial charge >= 0.3 is 0 Å². The van der Waals surface area contributed by atoms with E-state index in [0.29, 0.717) is 0 Å². The predicted octanol–water partition coefficient (Wildman–Crippen LogP) is 3.36. The molecule has 1 aromatic carbocycles. The van der Waals surface area contributed by atoms with Crippen LogP contribution >= 0.6 is 11.5 Å². The van der Waals surface area contributed by atoms with Crippen LogP contribution in [0.5, 0.6) is 0 Å². The molecule has 94 valence electrons. The highest BCUT2D eigenvalue weighted by molar-refractivity contribution is 7.09. The Hall–Kier alpha value is -1.26. The van der Waals surface area contributed by atoms with Crippen LogP contribution in [0.2, 0.25) is 0 Å². The molecule has 0 radical (unpaired) electrons. The Morgan fingerprint density at radius 3 is 2.50 bits per heavy atom. The summed E-state index contributed by atoms with van der Waals surface area (Å²) in [7, 11) is 0. The first kappa shape index (κ1) is 11.8. The predicted molar refractivity (Wildman–Crippen MR) is 72.3 cm³/mol. The summed E-state index contributed by atoms with van der Waals surface area (Å²) >= 11 is 1.37. The highest BCUT2D eigenvalue weighted by Crippen LogP contribution is 2.41. The molecule has 0 unspecified atom stereocenters. The molecule has 1 heterocycles. The first-order valence-electron chi connectivity index (χ1n) is 6.40. The Labute approximate surface area is 111 Å². The molecule has 1 aliphatic carbocycles. The fourth-order valence-corrected chi connectivity index (χ4v) is 3.41. The zero-order chi connectivity index (χ0) is 12.4. The van der Waals surface area contributed by atoms with E-state index in [1.54, 1.807) is 0 Å². The summed E-state index contributed by atoms with van der Waals surface area (Å²) < 4.78 is 4.05. The van der Waals surface area contributed by atoms with E-state index in [2.05, 4.69) is 9.59 Å². The van der Waals surface area contributed by atoms with Gasteiger partial charge in [0.05, 0.1) is 4.88 Å². The average molecular weight is 260 g/mol. The molecule has 1 saturated carbocycles. The van der Waals surface area contributed by atoms with Gasteiger partial charge in [-0.05, 0) is 29.9 Å². The van der Waals surface area contributed by atoms with Crippen molar-refractivity contribution in [1.82, 2.24) is 9.59 Å². The Morgan fingerprint density at radius 1 is 1.06 bits per heavy atom. The third kappa shape index (κ3) is 2.06. The fourth-order valence-electron chi connectivity index (χ4n) is 2.65. The van der Waals surface area contributed by atoms with Crippen molar-refractivity contribution >= 4 is 11.5 Å². The van der Waals surface area contributed by atoms with E-state index in [9.17, 15) is 5.11 Å². The molecule has 3 rings (SSSR count). The van der Waals surface area contributed by atoms with Gasteiger partial charge in [0, 0.05) is 0 Å². The summed E-state index contributed by atoms with van der Waals surface area (Å²) in [6.45, 7) is 0. The maximum atomic E-state index is 10.8. The molecule has 0 saturated heterocycles. The Bertz CT molecular complexity index is 518. The molecule has 2 aromatic rings. The molecule has 1 aliphatic rings. The monoisotopic (exact) mass is 260 g/mol. The lowest BCUT2D eigenvalue weighted by molar-refractivity contribution is -0.00412. The number of aliphatic hydroxyl groups is 1. The molecular weight excluding hydrogens is 244 g/mol. The summed E-state index contributed by atoms with van der Waals surface area (Å²) in [4.78, 5) is 1.01. The molecule has 0 bridgehead atoms. The topological polar surface area (TPSA) is 46.0 Å². The molecule has 1 fully saturated rings. The molecule has 18 heavy (non-hydrogen) atoms. The maximum Gasteiger partial charge on any atom is 0.115 e. The van der Waals surface area contributed by atoms with Crippen LogP contribution in [-0.4, -0.2) is 14.7 Å². The fraction of sp³-hybridized carbons (Fsp3) is 0.429. The zero-order valence-electron chi connectivity index (χ0n) is 10.2. The van der Waals surface area contributed by atoms with Crippen molar-refractivity contribution in [3.63, 3.8) is 0 Å². The smallest absolute Gasteiger partial charge is 0.115 e. The van der Waals surface area contributed by atoms with Crippen LogP contribution in [0, 0.1) is 0 Å². The maximum absolute atomic E-state index is 10.8. The molecule has 1 aromatic heterocycles. The normalized spacial score (nSPS) is 18.7. The van der Waals surface area contributed by atoms with Gasteiger partial charge in [0.2, 0.25) is 0 Å². The van der Waals surface area contributed by atoms with Gasteiger partial charge in [-0.1, -0.05) is 54.1 Å². The molecule has 0 aliphatic heterocycles. The second-order valence-corrected chi connectivity index (χ2v) is 5.66. The molecule has 3 nitrogen and oxygen atoms in total. The zero-order valence-corrected chi connectivity index (χ0v) is 11.0. The van der Waals surface area contributed by atoms with Crippen molar-refractivity contribution < 1.29 is 5.11 Å². The minimum atomic E-state index is -0.767. The average Bonchev–Trinajstić information content (AvgIpc) is 2.91. The Balaban J connectivity index is 2.01. The number of hydrogen-bond acceptors (Lipinski definition) is 4. The molecule has 0 spiro atoms. The van der Waals surface area contributed by atoms with Crippen molar-refractivity contribution in [1.29, 1.82) is 0 Å². The SMILES string of the molecule is OC1(c2nnsc2-c2ccccc2)CCCCC1. The summed E-state index contributed by atoms with van der Waals surface area (Å²) in [5.74, 6) is 0. The van der Waals surface area contributed by atoms with E-state index < -0.39 is 5.60 Å². The van der Waals surface area contributed by atoms with Gasteiger partial charge in [0.15, 0.2) is 0 Å². The lowest BCUT2D eigenvalue weighted by atomic mass is 9.81. The number of hydrogen-bond donors (Lipinski definition) is 1. The van der Waals surface area contributed by atoms with Crippen molar-refractivity contribution in [2.75, 3.05) is 0 Å². The van der Waals surface area contributed by atoms with E-state index in [1.807, 2.05) is 30.3 Å². The van der Waals surface area contributed by atoms with Crippen molar-refractivity contribution in [3.05, 3.63) is 36.0 Å². The molecule has 1 N–H and O–H groups in total. The number of benzene rings is 1. The highest BCUT2D eigenvalue weighted by atomic mass is 32.1. The second kappa shape index (κ2) is 4.78. The van der Waals surface area contributed by atoms with Gasteiger partial charge in [-0.2, -0.15) is 0 Å². The molecular formula is C14H16N2OS. The Morgan fingerprint density at radius 2 is 1.78 bits per heavy atom. The summed E-state index contributed by atoms with van der Waals surface area (Å²) in [5, 5.41) is 15.0. The van der Waals surface area contributed by atoms with Gasteiger partial charge < -0.3 is 5.11 Å². The molecule has 0 atom stereocenters. The van der Waals surface area contributed by atoms with Crippen LogP contribution in [0.15, 0.2) is 30.3 Å². The highest BCUT2D eigenvalue weighted by Gasteiger charge is 2.36. The van der Waals surface area contributed by atoms with Gasteiger partial charge in [-0.3, -0.25) is 0 Å². The van der Waals surface area contributed by atoms with Gasteiger partial charge in [0.25, 0.3) is 0 Å². The summed E-state index contributed by atoms with van der Waals surface area (Å²) in [5.41, 5.74) is 1.11. The Kier molecular flexibility index (Phi) is 3.14. The van der Waals surface area contributed by atoms with Crippen LogP contribution in [-0.2, 0) is 5.60 Å². The first-order valence-corrected chi connectivity index (χ1v) is 7.18. The van der Waals surface area contributed by atoms with Crippen LogP contribution < -0.4 is 0 Å². The van der Waals surface area contributed by atoms with Gasteiger partial charge in [-0.25, -0.2) is 0 Å².